The highest BCUT2D eigenvalue weighted by Gasteiger charge is 2.31. The summed E-state index contributed by atoms with van der Waals surface area (Å²) in [4.78, 5) is 24.6. The molecular weight excluding hydrogens is 252 g/mol. The lowest BCUT2D eigenvalue weighted by atomic mass is 10.0. The lowest BCUT2D eigenvalue weighted by molar-refractivity contribution is -0.137. The molecule has 0 saturated carbocycles. The zero-order chi connectivity index (χ0) is 13.0. The molecule has 2 saturated heterocycles. The molecule has 0 aromatic carbocycles. The van der Waals surface area contributed by atoms with Crippen molar-refractivity contribution in [3.8, 4) is 0 Å². The van der Waals surface area contributed by atoms with Gasteiger partial charge in [0.05, 0.1) is 6.04 Å². The number of carboxylic acid groups (broad SMARTS) is 1. The normalized spacial score (nSPS) is 28.3. The minimum atomic E-state index is -0.745. The summed E-state index contributed by atoms with van der Waals surface area (Å²) in [5.74, 6) is 1.74. The summed E-state index contributed by atoms with van der Waals surface area (Å²) < 4.78 is 0. The minimum Gasteiger partial charge on any atom is -0.481 e. The van der Waals surface area contributed by atoms with Crippen LogP contribution in [0.1, 0.15) is 19.3 Å². The molecule has 0 aromatic rings. The summed E-state index contributed by atoms with van der Waals surface area (Å²) in [5, 5.41) is 11.9. The van der Waals surface area contributed by atoms with Crippen molar-refractivity contribution in [3.63, 3.8) is 0 Å². The van der Waals surface area contributed by atoms with Gasteiger partial charge in [-0.15, -0.1) is 0 Å². The number of thioether (sulfide) groups is 1. The lowest BCUT2D eigenvalue weighted by Gasteiger charge is -2.27. The Morgan fingerprint density at radius 2 is 2.28 bits per heavy atom. The first-order valence-corrected chi connectivity index (χ1v) is 7.64. The van der Waals surface area contributed by atoms with Crippen LogP contribution in [-0.2, 0) is 9.59 Å². The molecule has 102 valence electrons. The molecule has 2 atom stereocenters. The van der Waals surface area contributed by atoms with E-state index in [1.807, 2.05) is 16.7 Å². The van der Waals surface area contributed by atoms with E-state index in [0.29, 0.717) is 12.3 Å². The van der Waals surface area contributed by atoms with Crippen LogP contribution in [0.3, 0.4) is 0 Å². The number of nitrogens with one attached hydrogen (secondary N) is 1. The van der Waals surface area contributed by atoms with Crippen molar-refractivity contribution in [2.24, 2.45) is 5.92 Å². The van der Waals surface area contributed by atoms with Crippen LogP contribution in [0.5, 0.6) is 0 Å². The predicted octanol–water partition coefficient (Wildman–Crippen LogP) is 0.405. The summed E-state index contributed by atoms with van der Waals surface area (Å²) in [5.41, 5.74) is 0. The van der Waals surface area contributed by atoms with Crippen molar-refractivity contribution in [2.75, 3.05) is 31.1 Å². The molecule has 5 nitrogen and oxygen atoms in total. The summed E-state index contributed by atoms with van der Waals surface area (Å²) in [6.07, 6.45) is 1.84. The first-order chi connectivity index (χ1) is 8.66. The third-order valence-corrected chi connectivity index (χ3v) is 4.65. The maximum Gasteiger partial charge on any atom is 0.303 e. The fraction of sp³-hybridized carbons (Fsp3) is 0.833. The van der Waals surface area contributed by atoms with Crippen molar-refractivity contribution in [1.82, 2.24) is 10.2 Å². The Morgan fingerprint density at radius 1 is 1.44 bits per heavy atom. The van der Waals surface area contributed by atoms with Gasteiger partial charge < -0.3 is 15.3 Å². The van der Waals surface area contributed by atoms with E-state index < -0.39 is 5.97 Å². The predicted molar refractivity (Wildman–Crippen MR) is 70.7 cm³/mol. The Hall–Kier alpha value is -0.750. The number of carbonyl (C=O) groups is 2. The number of hydrogen-bond donors (Lipinski definition) is 2. The van der Waals surface area contributed by atoms with Gasteiger partial charge in [-0.3, -0.25) is 9.59 Å². The number of nitrogens with zero attached hydrogens (tertiary/aromatic N) is 1. The Morgan fingerprint density at radius 3 is 2.94 bits per heavy atom. The van der Waals surface area contributed by atoms with E-state index >= 15 is 0 Å². The lowest BCUT2D eigenvalue weighted by Crippen LogP contribution is -2.49. The molecule has 1 amide bonds. The molecule has 2 N–H and O–H groups in total. The van der Waals surface area contributed by atoms with Crippen molar-refractivity contribution in [2.45, 2.75) is 25.3 Å². The summed E-state index contributed by atoms with van der Waals surface area (Å²) in [6, 6.07) is -0.0398. The Kier molecular flexibility index (Phi) is 4.88. The largest absolute Gasteiger partial charge is 0.481 e. The van der Waals surface area contributed by atoms with E-state index in [2.05, 4.69) is 5.32 Å². The molecule has 18 heavy (non-hydrogen) atoms. The Bertz CT molecular complexity index is 318. The molecule has 0 spiro atoms. The summed E-state index contributed by atoms with van der Waals surface area (Å²) >= 11 is 1.82. The third kappa shape index (κ3) is 3.62. The molecule has 0 aromatic heterocycles. The van der Waals surface area contributed by atoms with E-state index in [4.69, 9.17) is 5.11 Å². The van der Waals surface area contributed by atoms with E-state index in [-0.39, 0.29) is 18.4 Å². The van der Waals surface area contributed by atoms with Crippen LogP contribution in [0.15, 0.2) is 0 Å². The van der Waals surface area contributed by atoms with Crippen LogP contribution in [0.25, 0.3) is 0 Å². The third-order valence-electron chi connectivity index (χ3n) is 3.58. The molecule has 6 heteroatoms. The molecule has 2 unspecified atom stereocenters. The molecule has 0 aliphatic carbocycles. The molecule has 2 rings (SSSR count). The highest BCUT2D eigenvalue weighted by molar-refractivity contribution is 7.99. The maximum atomic E-state index is 12.2. The molecule has 2 heterocycles. The van der Waals surface area contributed by atoms with Crippen molar-refractivity contribution in [1.29, 1.82) is 0 Å². The van der Waals surface area contributed by atoms with Gasteiger partial charge in [0.15, 0.2) is 0 Å². The minimum absolute atomic E-state index is 0.0398. The molecule has 2 aliphatic rings. The Balaban J connectivity index is 1.77. The summed E-state index contributed by atoms with van der Waals surface area (Å²) in [6.45, 7) is 2.41. The maximum absolute atomic E-state index is 12.2. The van der Waals surface area contributed by atoms with Gasteiger partial charge >= 0.3 is 5.97 Å². The van der Waals surface area contributed by atoms with E-state index in [9.17, 15) is 9.59 Å². The zero-order valence-electron chi connectivity index (χ0n) is 10.4. The van der Waals surface area contributed by atoms with E-state index in [1.165, 1.54) is 0 Å². The van der Waals surface area contributed by atoms with Gasteiger partial charge in [-0.2, -0.15) is 11.8 Å². The number of likely N-dealkylation sites (tertiary alicyclic amines) is 1. The summed E-state index contributed by atoms with van der Waals surface area (Å²) in [7, 11) is 0. The second-order valence-corrected chi connectivity index (χ2v) is 6.10. The second-order valence-electron chi connectivity index (χ2n) is 4.95. The number of hydrogen-bond acceptors (Lipinski definition) is 4. The number of carboxylic acids is 1. The number of rotatable bonds is 4. The first-order valence-electron chi connectivity index (χ1n) is 6.48. The standard InChI is InChI=1S/C12H20N2O3S/c15-11(16)2-1-9-3-5-14(7-9)12(17)10-8-18-6-4-13-10/h9-10,13H,1-8H2,(H,15,16). The quantitative estimate of drug-likeness (QED) is 0.775. The SMILES string of the molecule is O=C(O)CCC1CCN(C(=O)C2CSCCN2)C1. The van der Waals surface area contributed by atoms with E-state index in [0.717, 1.165) is 37.6 Å². The second kappa shape index (κ2) is 6.43. The monoisotopic (exact) mass is 272 g/mol. The van der Waals surface area contributed by atoms with Gasteiger partial charge in [0.25, 0.3) is 0 Å². The molecule has 2 fully saturated rings. The molecule has 2 aliphatic heterocycles. The molecular formula is C12H20N2O3S. The van der Waals surface area contributed by atoms with Crippen molar-refractivity contribution >= 4 is 23.6 Å². The van der Waals surface area contributed by atoms with Crippen LogP contribution >= 0.6 is 11.8 Å². The first kappa shape index (κ1) is 13.7. The average molecular weight is 272 g/mol. The van der Waals surface area contributed by atoms with Gasteiger partial charge in [0, 0.05) is 37.6 Å². The van der Waals surface area contributed by atoms with Gasteiger partial charge in [0.1, 0.15) is 0 Å². The number of aliphatic carboxylic acids is 1. The van der Waals surface area contributed by atoms with Gasteiger partial charge in [-0.25, -0.2) is 0 Å². The number of amides is 1. The molecule has 0 bridgehead atoms. The van der Waals surface area contributed by atoms with Crippen LogP contribution in [-0.4, -0.2) is 59.1 Å². The highest BCUT2D eigenvalue weighted by atomic mass is 32.2. The topological polar surface area (TPSA) is 69.6 Å². The van der Waals surface area contributed by atoms with Crippen molar-refractivity contribution < 1.29 is 14.7 Å². The van der Waals surface area contributed by atoms with Crippen LogP contribution in [0, 0.1) is 5.92 Å². The average Bonchev–Trinajstić information content (AvgIpc) is 2.85. The Labute approximate surface area is 111 Å². The fourth-order valence-electron chi connectivity index (χ4n) is 2.54. The van der Waals surface area contributed by atoms with E-state index in [1.54, 1.807) is 0 Å². The van der Waals surface area contributed by atoms with Gasteiger partial charge in [-0.1, -0.05) is 0 Å². The van der Waals surface area contributed by atoms with Crippen LogP contribution in [0.4, 0.5) is 0 Å². The van der Waals surface area contributed by atoms with Gasteiger partial charge in [0.2, 0.25) is 5.91 Å². The smallest absolute Gasteiger partial charge is 0.303 e. The van der Waals surface area contributed by atoms with Crippen LogP contribution < -0.4 is 5.32 Å². The zero-order valence-corrected chi connectivity index (χ0v) is 11.2. The van der Waals surface area contributed by atoms with Gasteiger partial charge in [-0.05, 0) is 18.8 Å². The van der Waals surface area contributed by atoms with Crippen LogP contribution in [0.2, 0.25) is 0 Å². The highest BCUT2D eigenvalue weighted by Crippen LogP contribution is 2.22. The fourth-order valence-corrected chi connectivity index (χ4v) is 3.47. The number of carbonyl (C=O) groups excluding carboxylic acids is 1. The molecule has 0 radical (unpaired) electrons. The van der Waals surface area contributed by atoms with Crippen molar-refractivity contribution in [3.05, 3.63) is 0 Å².